The number of carbonyl (C=O) groups is 1. The molecule has 1 N–H and O–H groups in total. The van der Waals surface area contributed by atoms with Crippen molar-refractivity contribution in [3.8, 4) is 0 Å². The van der Waals surface area contributed by atoms with Gasteiger partial charge in [0.2, 0.25) is 0 Å². The summed E-state index contributed by atoms with van der Waals surface area (Å²) in [6, 6.07) is 4.23. The first-order chi connectivity index (χ1) is 6.57. The van der Waals surface area contributed by atoms with Crippen molar-refractivity contribution in [2.24, 2.45) is 0 Å². The molecule has 76 valence electrons. The van der Waals surface area contributed by atoms with E-state index in [0.29, 0.717) is 0 Å². The number of aromatic carboxylic acids is 1. The summed E-state index contributed by atoms with van der Waals surface area (Å²) in [5, 5.41) is 8.66. The molecule has 0 bridgehead atoms. The molecule has 1 unspecified atom stereocenters. The number of hydrogen-bond donors (Lipinski definition) is 1. The first-order valence-electron chi connectivity index (χ1n) is 4.12. The Hall–Kier alpha value is -1.42. The highest BCUT2D eigenvalue weighted by Crippen LogP contribution is 2.21. The van der Waals surface area contributed by atoms with Gasteiger partial charge in [0.25, 0.3) is 0 Å². The lowest BCUT2D eigenvalue weighted by molar-refractivity contribution is 0.0690. The van der Waals surface area contributed by atoms with Crippen LogP contribution in [0.4, 0.5) is 4.39 Å². The average molecular weight is 198 g/mol. The number of methoxy groups -OCH3 is 1. The third kappa shape index (κ3) is 1.90. The van der Waals surface area contributed by atoms with Gasteiger partial charge < -0.3 is 9.84 Å². The summed E-state index contributed by atoms with van der Waals surface area (Å²) < 4.78 is 18.4. The molecule has 0 aliphatic carbocycles. The summed E-state index contributed by atoms with van der Waals surface area (Å²) >= 11 is 0. The molecular formula is C10H11FO3. The van der Waals surface area contributed by atoms with Crippen LogP contribution in [0.5, 0.6) is 0 Å². The summed E-state index contributed by atoms with van der Waals surface area (Å²) in [7, 11) is 1.44. The van der Waals surface area contributed by atoms with E-state index >= 15 is 0 Å². The summed E-state index contributed by atoms with van der Waals surface area (Å²) in [5.74, 6) is -2.00. The predicted molar refractivity (Wildman–Crippen MR) is 48.8 cm³/mol. The van der Waals surface area contributed by atoms with Crippen molar-refractivity contribution in [2.45, 2.75) is 13.0 Å². The smallest absolute Gasteiger partial charge is 0.338 e. The molecule has 1 aromatic rings. The van der Waals surface area contributed by atoms with Crippen LogP contribution >= 0.6 is 0 Å². The molecule has 0 aliphatic heterocycles. The van der Waals surface area contributed by atoms with Crippen LogP contribution in [-0.4, -0.2) is 18.2 Å². The average Bonchev–Trinajstić information content (AvgIpc) is 2.16. The van der Waals surface area contributed by atoms with Gasteiger partial charge in [-0.15, -0.1) is 0 Å². The number of hydrogen-bond acceptors (Lipinski definition) is 2. The van der Waals surface area contributed by atoms with E-state index in [4.69, 9.17) is 9.84 Å². The zero-order chi connectivity index (χ0) is 10.7. The fourth-order valence-electron chi connectivity index (χ4n) is 1.16. The van der Waals surface area contributed by atoms with Gasteiger partial charge in [0.1, 0.15) is 5.82 Å². The Bertz CT molecular complexity index is 349. The Morgan fingerprint density at radius 2 is 2.21 bits per heavy atom. The number of carboxylic acid groups (broad SMARTS) is 1. The lowest BCUT2D eigenvalue weighted by atomic mass is 10.1. The van der Waals surface area contributed by atoms with Crippen molar-refractivity contribution < 1.29 is 19.0 Å². The molecule has 0 radical (unpaired) electrons. The molecule has 0 saturated heterocycles. The predicted octanol–water partition coefficient (Wildman–Crippen LogP) is 2.23. The van der Waals surface area contributed by atoms with Crippen molar-refractivity contribution in [3.63, 3.8) is 0 Å². The molecule has 14 heavy (non-hydrogen) atoms. The Morgan fingerprint density at radius 1 is 1.57 bits per heavy atom. The van der Waals surface area contributed by atoms with E-state index in [0.717, 1.165) is 0 Å². The van der Waals surface area contributed by atoms with Crippen LogP contribution in [0.3, 0.4) is 0 Å². The molecule has 0 saturated carbocycles. The Labute approximate surface area is 81.1 Å². The minimum Gasteiger partial charge on any atom is -0.478 e. The molecular weight excluding hydrogens is 187 g/mol. The van der Waals surface area contributed by atoms with Crippen LogP contribution in [0, 0.1) is 5.82 Å². The van der Waals surface area contributed by atoms with Crippen LogP contribution in [0.25, 0.3) is 0 Å². The second-order valence-corrected chi connectivity index (χ2v) is 2.89. The van der Waals surface area contributed by atoms with Crippen LogP contribution in [-0.2, 0) is 4.74 Å². The van der Waals surface area contributed by atoms with Gasteiger partial charge in [0, 0.05) is 12.7 Å². The fourth-order valence-corrected chi connectivity index (χ4v) is 1.16. The monoisotopic (exact) mass is 198 g/mol. The van der Waals surface area contributed by atoms with Crippen molar-refractivity contribution in [1.82, 2.24) is 0 Å². The Morgan fingerprint density at radius 3 is 2.71 bits per heavy atom. The number of benzene rings is 1. The molecule has 0 fully saturated rings. The maximum Gasteiger partial charge on any atom is 0.338 e. The van der Waals surface area contributed by atoms with Gasteiger partial charge in [-0.25, -0.2) is 9.18 Å². The summed E-state index contributed by atoms with van der Waals surface area (Å²) in [4.78, 5) is 10.6. The zero-order valence-electron chi connectivity index (χ0n) is 7.95. The Kier molecular flexibility index (Phi) is 3.19. The quantitative estimate of drug-likeness (QED) is 0.810. The fraction of sp³-hybridized carbons (Fsp3) is 0.300. The van der Waals surface area contributed by atoms with E-state index in [1.54, 1.807) is 6.92 Å². The molecule has 4 heteroatoms. The van der Waals surface area contributed by atoms with Crippen molar-refractivity contribution in [2.75, 3.05) is 7.11 Å². The van der Waals surface area contributed by atoms with E-state index < -0.39 is 17.9 Å². The lowest BCUT2D eigenvalue weighted by Crippen LogP contribution is -2.06. The van der Waals surface area contributed by atoms with E-state index in [1.807, 2.05) is 0 Å². The van der Waals surface area contributed by atoms with E-state index in [2.05, 4.69) is 0 Å². The van der Waals surface area contributed by atoms with Crippen molar-refractivity contribution in [1.29, 1.82) is 0 Å². The van der Waals surface area contributed by atoms with E-state index in [1.165, 1.54) is 25.3 Å². The van der Waals surface area contributed by atoms with Gasteiger partial charge >= 0.3 is 5.97 Å². The first kappa shape index (κ1) is 10.7. The summed E-state index contributed by atoms with van der Waals surface area (Å²) in [6.45, 7) is 1.66. The molecule has 0 amide bonds. The van der Waals surface area contributed by atoms with E-state index in [9.17, 15) is 9.18 Å². The second-order valence-electron chi connectivity index (χ2n) is 2.89. The Balaban J connectivity index is 3.20. The van der Waals surface area contributed by atoms with Gasteiger partial charge in [-0.1, -0.05) is 12.1 Å². The second kappa shape index (κ2) is 4.19. The third-order valence-electron chi connectivity index (χ3n) is 2.05. The van der Waals surface area contributed by atoms with Gasteiger partial charge in [-0.05, 0) is 13.0 Å². The van der Waals surface area contributed by atoms with Gasteiger partial charge in [0.05, 0.1) is 11.7 Å². The van der Waals surface area contributed by atoms with Crippen molar-refractivity contribution >= 4 is 5.97 Å². The SMILES string of the molecule is COC(C)c1cccc(C(=O)O)c1F. The highest BCUT2D eigenvalue weighted by atomic mass is 19.1. The van der Waals surface area contributed by atoms with Crippen LogP contribution in [0.1, 0.15) is 28.9 Å². The largest absolute Gasteiger partial charge is 0.478 e. The number of carboxylic acids is 1. The molecule has 1 aromatic carbocycles. The molecule has 0 aliphatic rings. The molecule has 1 atom stereocenters. The van der Waals surface area contributed by atoms with Crippen LogP contribution in [0.15, 0.2) is 18.2 Å². The van der Waals surface area contributed by atoms with Gasteiger partial charge in [0.15, 0.2) is 0 Å². The number of ether oxygens (including phenoxy) is 1. The van der Waals surface area contributed by atoms with Crippen LogP contribution in [0.2, 0.25) is 0 Å². The highest BCUT2D eigenvalue weighted by molar-refractivity contribution is 5.88. The summed E-state index contributed by atoms with van der Waals surface area (Å²) in [5.41, 5.74) is -0.0706. The minimum atomic E-state index is -1.27. The summed E-state index contributed by atoms with van der Waals surface area (Å²) in [6.07, 6.45) is -0.450. The highest BCUT2D eigenvalue weighted by Gasteiger charge is 2.16. The standard InChI is InChI=1S/C10H11FO3/c1-6(14-2)7-4-3-5-8(9(7)11)10(12)13/h3-6H,1-2H3,(H,12,13). The zero-order valence-corrected chi connectivity index (χ0v) is 7.95. The maximum absolute atomic E-state index is 13.5. The van der Waals surface area contributed by atoms with Gasteiger partial charge in [-0.2, -0.15) is 0 Å². The molecule has 0 heterocycles. The maximum atomic E-state index is 13.5. The van der Waals surface area contributed by atoms with Crippen molar-refractivity contribution in [3.05, 3.63) is 35.1 Å². The number of rotatable bonds is 3. The molecule has 1 rings (SSSR count). The topological polar surface area (TPSA) is 46.5 Å². The molecule has 0 spiro atoms. The normalized spacial score (nSPS) is 12.5. The van der Waals surface area contributed by atoms with Gasteiger partial charge in [-0.3, -0.25) is 0 Å². The van der Waals surface area contributed by atoms with Crippen LogP contribution < -0.4 is 0 Å². The molecule has 3 nitrogen and oxygen atoms in total. The number of halogens is 1. The molecule has 0 aromatic heterocycles. The first-order valence-corrected chi connectivity index (χ1v) is 4.12. The lowest BCUT2D eigenvalue weighted by Gasteiger charge is -2.11. The third-order valence-corrected chi connectivity index (χ3v) is 2.05. The minimum absolute atomic E-state index is 0.257. The van der Waals surface area contributed by atoms with E-state index in [-0.39, 0.29) is 11.1 Å².